The number of hydrogen-bond donors (Lipinski definition) is 0. The maximum atomic E-state index is 12.1. The molecule has 0 aliphatic heterocycles. The molecule has 0 saturated carbocycles. The van der Waals surface area contributed by atoms with E-state index in [0.717, 1.165) is 45.2 Å². The van der Waals surface area contributed by atoms with Gasteiger partial charge in [-0.2, -0.15) is 0 Å². The fourth-order valence-corrected chi connectivity index (χ4v) is 8.41. The predicted octanol–water partition coefficient (Wildman–Crippen LogP) is 13.2. The molecule has 0 fully saturated rings. The third kappa shape index (κ3) is 43.6. The second-order valence-corrected chi connectivity index (χ2v) is 17.4. The van der Waals surface area contributed by atoms with Crippen molar-refractivity contribution in [1.82, 2.24) is 4.90 Å². The van der Waals surface area contributed by atoms with Crippen LogP contribution in [0.2, 0.25) is 0 Å². The standard InChI is InChI=1S/C50H101NO2.Na/c1-4-7-10-12-14-16-18-20-22-24-26-28-30-32-34-36-38-40-42-44-47-51(49(50(52)53)46-9-6-3)48-45-43-41-39-37-35-33-31-29-27-25-23-21-19-17-15-13-11-8-5-2;/h49H,4-48H2,1-3H3,(H,52,53);/q;+1/p-1. The van der Waals surface area contributed by atoms with E-state index in [1.165, 1.54) is 244 Å². The largest absolute Gasteiger partial charge is 1.00 e. The van der Waals surface area contributed by atoms with Crippen molar-refractivity contribution in [1.29, 1.82) is 0 Å². The fourth-order valence-electron chi connectivity index (χ4n) is 8.41. The molecule has 0 aliphatic rings. The van der Waals surface area contributed by atoms with Crippen LogP contribution < -0.4 is 34.7 Å². The normalized spacial score (nSPS) is 12.1. The van der Waals surface area contributed by atoms with Crippen LogP contribution in [-0.4, -0.2) is 30.0 Å². The Labute approximate surface area is 364 Å². The monoisotopic (exact) mass is 770 g/mol. The molecular formula is C50H100NNaO2. The Kier molecular flexibility index (Phi) is 51.9. The quantitative estimate of drug-likeness (QED) is 0.0457. The van der Waals surface area contributed by atoms with Crippen molar-refractivity contribution in [3.05, 3.63) is 0 Å². The summed E-state index contributed by atoms with van der Waals surface area (Å²) in [5.74, 6) is -0.847. The zero-order valence-electron chi connectivity index (χ0n) is 38.2. The summed E-state index contributed by atoms with van der Waals surface area (Å²) in [7, 11) is 0. The third-order valence-corrected chi connectivity index (χ3v) is 12.1. The molecule has 0 N–H and O–H groups in total. The number of aliphatic carboxylic acids is 1. The van der Waals surface area contributed by atoms with Gasteiger partial charge in [-0.15, -0.1) is 0 Å². The minimum absolute atomic E-state index is 0. The van der Waals surface area contributed by atoms with Crippen LogP contribution in [0.3, 0.4) is 0 Å². The van der Waals surface area contributed by atoms with Crippen molar-refractivity contribution >= 4 is 5.97 Å². The van der Waals surface area contributed by atoms with Crippen LogP contribution in [-0.2, 0) is 4.79 Å². The van der Waals surface area contributed by atoms with Crippen molar-refractivity contribution in [3.8, 4) is 0 Å². The van der Waals surface area contributed by atoms with Gasteiger partial charge in [0.05, 0.1) is 5.97 Å². The zero-order valence-corrected chi connectivity index (χ0v) is 40.2. The van der Waals surface area contributed by atoms with Crippen molar-refractivity contribution in [2.45, 2.75) is 303 Å². The molecule has 4 heteroatoms. The van der Waals surface area contributed by atoms with Crippen LogP contribution >= 0.6 is 0 Å². The van der Waals surface area contributed by atoms with Gasteiger partial charge in [-0.25, -0.2) is 0 Å². The predicted molar refractivity (Wildman–Crippen MR) is 236 cm³/mol. The molecule has 0 rings (SSSR count). The number of carboxylic acids is 1. The van der Waals surface area contributed by atoms with Crippen LogP contribution in [0, 0.1) is 0 Å². The first-order valence-corrected chi connectivity index (χ1v) is 25.1. The molecule has 0 aromatic heterocycles. The summed E-state index contributed by atoms with van der Waals surface area (Å²) in [4.78, 5) is 14.4. The summed E-state index contributed by atoms with van der Waals surface area (Å²) in [5.41, 5.74) is 0. The molecule has 3 nitrogen and oxygen atoms in total. The van der Waals surface area contributed by atoms with E-state index in [0.29, 0.717) is 0 Å². The Morgan fingerprint density at radius 3 is 0.704 bits per heavy atom. The van der Waals surface area contributed by atoms with Gasteiger partial charge in [-0.1, -0.05) is 278 Å². The summed E-state index contributed by atoms with van der Waals surface area (Å²) in [6.07, 6.45) is 58.6. The molecule has 0 saturated heterocycles. The Bertz CT molecular complexity index is 644. The van der Waals surface area contributed by atoms with E-state index in [4.69, 9.17) is 0 Å². The number of rotatable bonds is 47. The Balaban J connectivity index is 0. The van der Waals surface area contributed by atoms with E-state index in [1.54, 1.807) is 0 Å². The van der Waals surface area contributed by atoms with Gasteiger partial charge in [0.2, 0.25) is 0 Å². The average molecular weight is 770 g/mol. The van der Waals surface area contributed by atoms with E-state index >= 15 is 0 Å². The smallest absolute Gasteiger partial charge is 0.548 e. The van der Waals surface area contributed by atoms with Gasteiger partial charge in [0.15, 0.2) is 0 Å². The van der Waals surface area contributed by atoms with Crippen molar-refractivity contribution in [3.63, 3.8) is 0 Å². The van der Waals surface area contributed by atoms with Crippen LogP contribution in [0.4, 0.5) is 0 Å². The second kappa shape index (κ2) is 49.6. The maximum Gasteiger partial charge on any atom is 1.00 e. The van der Waals surface area contributed by atoms with Gasteiger partial charge in [0.1, 0.15) is 0 Å². The summed E-state index contributed by atoms with van der Waals surface area (Å²) in [6.45, 7) is 8.62. The van der Waals surface area contributed by atoms with Gasteiger partial charge in [0.25, 0.3) is 0 Å². The molecule has 0 aromatic rings. The molecule has 0 aromatic carbocycles. The van der Waals surface area contributed by atoms with Crippen LogP contribution in [0.5, 0.6) is 0 Å². The fraction of sp³-hybridized carbons (Fsp3) is 0.980. The second-order valence-electron chi connectivity index (χ2n) is 17.4. The Morgan fingerprint density at radius 1 is 0.333 bits per heavy atom. The molecule has 0 amide bonds. The average Bonchev–Trinajstić information content (AvgIpc) is 3.16. The van der Waals surface area contributed by atoms with E-state index in [9.17, 15) is 9.90 Å². The van der Waals surface area contributed by atoms with Gasteiger partial charge in [0, 0.05) is 6.04 Å². The molecule has 0 spiro atoms. The Hall–Kier alpha value is 0.430. The zero-order chi connectivity index (χ0) is 38.6. The van der Waals surface area contributed by atoms with Crippen molar-refractivity contribution in [2.24, 2.45) is 0 Å². The van der Waals surface area contributed by atoms with Crippen LogP contribution in [0.15, 0.2) is 0 Å². The first-order valence-electron chi connectivity index (χ1n) is 25.1. The van der Waals surface area contributed by atoms with Gasteiger partial charge in [-0.3, -0.25) is 4.90 Å². The molecular weight excluding hydrogens is 670 g/mol. The Morgan fingerprint density at radius 2 is 0.519 bits per heavy atom. The minimum atomic E-state index is -0.847. The van der Waals surface area contributed by atoms with Gasteiger partial charge >= 0.3 is 29.6 Å². The van der Waals surface area contributed by atoms with E-state index in [2.05, 4.69) is 25.7 Å². The number of carboxylic acid groups (broad SMARTS) is 1. The molecule has 0 radical (unpaired) electrons. The van der Waals surface area contributed by atoms with Crippen molar-refractivity contribution in [2.75, 3.05) is 13.1 Å². The molecule has 54 heavy (non-hydrogen) atoms. The van der Waals surface area contributed by atoms with E-state index in [-0.39, 0.29) is 29.6 Å². The number of unbranched alkanes of at least 4 members (excludes halogenated alkanes) is 39. The summed E-state index contributed by atoms with van der Waals surface area (Å²) in [6, 6.07) is -0.393. The van der Waals surface area contributed by atoms with E-state index in [1.807, 2.05) is 0 Å². The van der Waals surface area contributed by atoms with E-state index < -0.39 is 12.0 Å². The first kappa shape index (κ1) is 56.5. The van der Waals surface area contributed by atoms with Gasteiger partial charge in [-0.05, 0) is 32.4 Å². The summed E-state index contributed by atoms with van der Waals surface area (Å²) in [5, 5.41) is 12.1. The molecule has 0 heterocycles. The minimum Gasteiger partial charge on any atom is -0.548 e. The molecule has 1 atom stereocenters. The number of carbonyl (C=O) groups excluding carboxylic acids is 1. The van der Waals surface area contributed by atoms with Crippen LogP contribution in [0.25, 0.3) is 0 Å². The van der Waals surface area contributed by atoms with Crippen molar-refractivity contribution < 1.29 is 39.5 Å². The topological polar surface area (TPSA) is 43.4 Å². The molecule has 0 bridgehead atoms. The first-order chi connectivity index (χ1) is 26.2. The maximum absolute atomic E-state index is 12.1. The molecule has 0 aliphatic carbocycles. The number of carbonyl (C=O) groups is 1. The SMILES string of the molecule is CCCCCCCCCCCCCCCCCCCCCCN(CCCCCCCCCCCCCCCCCCCCCC)C(CCCC)C(=O)[O-].[Na+]. The van der Waals surface area contributed by atoms with Gasteiger partial charge < -0.3 is 9.90 Å². The molecule has 318 valence electrons. The summed E-state index contributed by atoms with van der Waals surface area (Å²) < 4.78 is 0. The third-order valence-electron chi connectivity index (χ3n) is 12.1. The van der Waals surface area contributed by atoms with Crippen LogP contribution in [0.1, 0.15) is 297 Å². The number of nitrogens with zero attached hydrogens (tertiary/aromatic N) is 1. The number of hydrogen-bond acceptors (Lipinski definition) is 3. The summed E-state index contributed by atoms with van der Waals surface area (Å²) >= 11 is 0. The molecule has 1 unspecified atom stereocenters.